The highest BCUT2D eigenvalue weighted by atomic mass is 16.7. The highest BCUT2D eigenvalue weighted by molar-refractivity contribution is 5.73. The van der Waals surface area contributed by atoms with Gasteiger partial charge in [-0.05, 0) is 23.3 Å². The Labute approximate surface area is 123 Å². The Bertz CT molecular complexity index is 640. The maximum absolute atomic E-state index is 11.9. The summed E-state index contributed by atoms with van der Waals surface area (Å²) >= 11 is 0. The molecule has 1 amide bonds. The summed E-state index contributed by atoms with van der Waals surface area (Å²) in [5.74, 6) is 1.56. The minimum absolute atomic E-state index is 0.0523. The Balaban J connectivity index is 1.75. The van der Waals surface area contributed by atoms with Crippen LogP contribution in [0.15, 0.2) is 48.5 Å². The Kier molecular flexibility index (Phi) is 3.77. The van der Waals surface area contributed by atoms with Crippen LogP contribution in [0.5, 0.6) is 11.5 Å². The molecule has 0 saturated heterocycles. The van der Waals surface area contributed by atoms with E-state index in [0.717, 1.165) is 22.6 Å². The third-order valence-electron chi connectivity index (χ3n) is 3.47. The average molecular weight is 283 g/mol. The van der Waals surface area contributed by atoms with Crippen molar-refractivity contribution < 1.29 is 14.3 Å². The number of benzene rings is 2. The van der Waals surface area contributed by atoms with E-state index in [4.69, 9.17) is 9.47 Å². The molecule has 0 bridgehead atoms. The molecule has 2 aromatic rings. The number of hydrogen-bond donors (Lipinski definition) is 0. The molecule has 0 N–H and O–H groups in total. The first-order chi connectivity index (χ1) is 10.2. The fourth-order valence-corrected chi connectivity index (χ4v) is 2.34. The van der Waals surface area contributed by atoms with Crippen molar-refractivity contribution in [3.63, 3.8) is 0 Å². The van der Waals surface area contributed by atoms with E-state index in [-0.39, 0.29) is 12.7 Å². The summed E-state index contributed by atoms with van der Waals surface area (Å²) in [4.78, 5) is 13.7. The topological polar surface area (TPSA) is 38.8 Å². The van der Waals surface area contributed by atoms with Crippen molar-refractivity contribution in [1.82, 2.24) is 4.90 Å². The van der Waals surface area contributed by atoms with Crippen molar-refractivity contribution in [1.29, 1.82) is 0 Å². The molecular formula is C17H17NO3. The first kappa shape index (κ1) is 13.5. The van der Waals surface area contributed by atoms with Crippen LogP contribution in [-0.4, -0.2) is 17.6 Å². The molecule has 0 atom stereocenters. The summed E-state index contributed by atoms with van der Waals surface area (Å²) in [7, 11) is 0. The van der Waals surface area contributed by atoms with Crippen LogP contribution in [0.2, 0.25) is 0 Å². The van der Waals surface area contributed by atoms with Gasteiger partial charge in [0.15, 0.2) is 11.5 Å². The van der Waals surface area contributed by atoms with Crippen molar-refractivity contribution in [3.8, 4) is 11.5 Å². The first-order valence-corrected chi connectivity index (χ1v) is 6.90. The van der Waals surface area contributed by atoms with Crippen LogP contribution in [0.3, 0.4) is 0 Å². The van der Waals surface area contributed by atoms with Gasteiger partial charge >= 0.3 is 0 Å². The SMILES string of the molecule is CC(=O)N(Cc1ccccc1)Cc1ccc2c(c1)OCO2. The molecule has 0 spiro atoms. The summed E-state index contributed by atoms with van der Waals surface area (Å²) in [5, 5.41) is 0. The van der Waals surface area contributed by atoms with E-state index in [2.05, 4.69) is 0 Å². The largest absolute Gasteiger partial charge is 0.454 e. The summed E-state index contributed by atoms with van der Waals surface area (Å²) in [6.45, 7) is 3.01. The van der Waals surface area contributed by atoms with Gasteiger partial charge in [-0.2, -0.15) is 0 Å². The lowest BCUT2D eigenvalue weighted by Crippen LogP contribution is -2.27. The molecule has 0 aliphatic carbocycles. The Morgan fingerprint density at radius 1 is 1.00 bits per heavy atom. The number of carbonyl (C=O) groups excluding carboxylic acids is 1. The van der Waals surface area contributed by atoms with Gasteiger partial charge in [-0.3, -0.25) is 4.79 Å². The predicted octanol–water partition coefficient (Wildman–Crippen LogP) is 2.96. The highest BCUT2D eigenvalue weighted by Crippen LogP contribution is 2.32. The Hall–Kier alpha value is -2.49. The van der Waals surface area contributed by atoms with E-state index in [9.17, 15) is 4.79 Å². The minimum atomic E-state index is 0.0523. The molecule has 21 heavy (non-hydrogen) atoms. The molecule has 4 heteroatoms. The molecule has 1 heterocycles. The molecular weight excluding hydrogens is 266 g/mol. The zero-order chi connectivity index (χ0) is 14.7. The van der Waals surface area contributed by atoms with Crippen molar-refractivity contribution in [3.05, 3.63) is 59.7 Å². The van der Waals surface area contributed by atoms with E-state index in [1.165, 1.54) is 0 Å². The second-order valence-electron chi connectivity index (χ2n) is 5.05. The van der Waals surface area contributed by atoms with Crippen LogP contribution < -0.4 is 9.47 Å². The lowest BCUT2D eigenvalue weighted by Gasteiger charge is -2.21. The van der Waals surface area contributed by atoms with E-state index < -0.39 is 0 Å². The fraction of sp³-hybridized carbons (Fsp3) is 0.235. The number of nitrogens with zero attached hydrogens (tertiary/aromatic N) is 1. The van der Waals surface area contributed by atoms with Gasteiger partial charge in [0.05, 0.1) is 0 Å². The summed E-state index contributed by atoms with van der Waals surface area (Å²) in [6, 6.07) is 15.8. The van der Waals surface area contributed by atoms with Gasteiger partial charge in [0.2, 0.25) is 12.7 Å². The van der Waals surface area contributed by atoms with Gasteiger partial charge in [0.25, 0.3) is 0 Å². The van der Waals surface area contributed by atoms with Gasteiger partial charge in [-0.1, -0.05) is 36.4 Å². The van der Waals surface area contributed by atoms with Crippen molar-refractivity contribution in [2.45, 2.75) is 20.0 Å². The van der Waals surface area contributed by atoms with Crippen LogP contribution >= 0.6 is 0 Å². The minimum Gasteiger partial charge on any atom is -0.454 e. The molecule has 2 aromatic carbocycles. The molecule has 4 nitrogen and oxygen atoms in total. The smallest absolute Gasteiger partial charge is 0.231 e. The van der Waals surface area contributed by atoms with Gasteiger partial charge in [0.1, 0.15) is 0 Å². The maximum Gasteiger partial charge on any atom is 0.231 e. The number of fused-ring (bicyclic) bond motifs is 1. The summed E-state index contributed by atoms with van der Waals surface area (Å²) < 4.78 is 10.7. The molecule has 0 aromatic heterocycles. The Morgan fingerprint density at radius 2 is 1.71 bits per heavy atom. The monoisotopic (exact) mass is 283 g/mol. The predicted molar refractivity (Wildman–Crippen MR) is 78.9 cm³/mol. The average Bonchev–Trinajstić information content (AvgIpc) is 2.95. The van der Waals surface area contributed by atoms with Gasteiger partial charge in [0, 0.05) is 20.0 Å². The van der Waals surface area contributed by atoms with Crippen LogP contribution in [0.25, 0.3) is 0 Å². The lowest BCUT2D eigenvalue weighted by molar-refractivity contribution is -0.130. The number of rotatable bonds is 4. The highest BCUT2D eigenvalue weighted by Gasteiger charge is 2.15. The molecule has 0 radical (unpaired) electrons. The van der Waals surface area contributed by atoms with E-state index in [1.807, 2.05) is 53.4 Å². The number of carbonyl (C=O) groups is 1. The van der Waals surface area contributed by atoms with Crippen molar-refractivity contribution >= 4 is 5.91 Å². The van der Waals surface area contributed by atoms with Crippen molar-refractivity contribution in [2.24, 2.45) is 0 Å². The van der Waals surface area contributed by atoms with Gasteiger partial charge in [-0.25, -0.2) is 0 Å². The van der Waals surface area contributed by atoms with Crippen LogP contribution in [-0.2, 0) is 17.9 Å². The van der Waals surface area contributed by atoms with Gasteiger partial charge < -0.3 is 14.4 Å². The number of ether oxygens (including phenoxy) is 2. The molecule has 108 valence electrons. The third-order valence-corrected chi connectivity index (χ3v) is 3.47. The molecule has 1 aliphatic rings. The fourth-order valence-electron chi connectivity index (χ4n) is 2.34. The lowest BCUT2D eigenvalue weighted by atomic mass is 10.1. The zero-order valence-electron chi connectivity index (χ0n) is 11.9. The second kappa shape index (κ2) is 5.87. The molecule has 1 aliphatic heterocycles. The van der Waals surface area contributed by atoms with Gasteiger partial charge in [-0.15, -0.1) is 0 Å². The maximum atomic E-state index is 11.9. The molecule has 0 saturated carbocycles. The quantitative estimate of drug-likeness (QED) is 0.866. The third kappa shape index (κ3) is 3.16. The normalized spacial score (nSPS) is 12.2. The van der Waals surface area contributed by atoms with Crippen LogP contribution in [0.1, 0.15) is 18.1 Å². The molecule has 0 unspecified atom stereocenters. The molecule has 3 rings (SSSR count). The van der Waals surface area contributed by atoms with E-state index >= 15 is 0 Å². The number of hydrogen-bond acceptors (Lipinski definition) is 3. The van der Waals surface area contributed by atoms with E-state index in [0.29, 0.717) is 13.1 Å². The standard InChI is InChI=1S/C17H17NO3/c1-13(19)18(10-14-5-3-2-4-6-14)11-15-7-8-16-17(9-15)21-12-20-16/h2-9H,10-12H2,1H3. The Morgan fingerprint density at radius 3 is 2.48 bits per heavy atom. The van der Waals surface area contributed by atoms with Crippen LogP contribution in [0.4, 0.5) is 0 Å². The number of amides is 1. The molecule has 0 fully saturated rings. The zero-order valence-corrected chi connectivity index (χ0v) is 11.9. The van der Waals surface area contributed by atoms with E-state index in [1.54, 1.807) is 6.92 Å². The van der Waals surface area contributed by atoms with Crippen LogP contribution in [0, 0.1) is 0 Å². The first-order valence-electron chi connectivity index (χ1n) is 6.90. The summed E-state index contributed by atoms with van der Waals surface area (Å²) in [5.41, 5.74) is 2.15. The second-order valence-corrected chi connectivity index (χ2v) is 5.05. The summed E-state index contributed by atoms with van der Waals surface area (Å²) in [6.07, 6.45) is 0. The van der Waals surface area contributed by atoms with Crippen molar-refractivity contribution in [2.75, 3.05) is 6.79 Å².